The maximum atomic E-state index is 11.8. The third kappa shape index (κ3) is 9.23. The summed E-state index contributed by atoms with van der Waals surface area (Å²) in [6.45, 7) is 3.76. The number of aliphatic hydroxyl groups is 1. The van der Waals surface area contributed by atoms with E-state index < -0.39 is 18.4 Å². The van der Waals surface area contributed by atoms with Gasteiger partial charge in [-0.1, -0.05) is 0 Å². The highest BCUT2D eigenvalue weighted by Gasteiger charge is 2.27. The minimum atomic E-state index is -4.37. The molecule has 0 bridgehead atoms. The van der Waals surface area contributed by atoms with Crippen LogP contribution < -0.4 is 0 Å². The van der Waals surface area contributed by atoms with Crippen LogP contribution in [-0.4, -0.2) is 54.0 Å². The zero-order valence-corrected chi connectivity index (χ0v) is 10.9. The van der Waals surface area contributed by atoms with Crippen LogP contribution in [0.25, 0.3) is 0 Å². The highest BCUT2D eigenvalue weighted by atomic mass is 19.4. The average molecular weight is 271 g/mol. The van der Waals surface area contributed by atoms with Crippen molar-refractivity contribution in [3.8, 4) is 0 Å². The second-order valence-corrected chi connectivity index (χ2v) is 4.64. The van der Waals surface area contributed by atoms with Gasteiger partial charge in [-0.15, -0.1) is 0 Å². The van der Waals surface area contributed by atoms with Gasteiger partial charge in [-0.05, 0) is 20.8 Å². The van der Waals surface area contributed by atoms with Gasteiger partial charge in [0.05, 0.1) is 18.6 Å². The smallest absolute Gasteiger partial charge is 0.389 e. The number of amides is 1. The third-order valence-corrected chi connectivity index (χ3v) is 2.04. The molecule has 0 radical (unpaired) electrons. The lowest BCUT2D eigenvalue weighted by atomic mass is 10.1. The van der Waals surface area contributed by atoms with Gasteiger partial charge in [0.15, 0.2) is 0 Å². The first-order chi connectivity index (χ1) is 8.05. The fourth-order valence-electron chi connectivity index (χ4n) is 1.35. The number of hydrogen-bond donors (Lipinski definition) is 1. The van der Waals surface area contributed by atoms with Crippen LogP contribution in [0.15, 0.2) is 0 Å². The Bertz CT molecular complexity index is 261. The normalized spacial score (nSPS) is 12.6. The van der Waals surface area contributed by atoms with Crippen LogP contribution in [0.4, 0.5) is 13.2 Å². The quantitative estimate of drug-likeness (QED) is 0.715. The molecular formula is C11H20F3NO3. The second kappa shape index (κ2) is 6.94. The van der Waals surface area contributed by atoms with Crippen molar-refractivity contribution in [3.05, 3.63) is 0 Å². The first kappa shape index (κ1) is 17.2. The van der Waals surface area contributed by atoms with Crippen molar-refractivity contribution in [2.45, 2.75) is 39.0 Å². The summed E-state index contributed by atoms with van der Waals surface area (Å²) in [5.74, 6) is -0.332. The van der Waals surface area contributed by atoms with Crippen LogP contribution >= 0.6 is 0 Å². The Kier molecular flexibility index (Phi) is 6.62. The Labute approximate surface area is 105 Å². The molecule has 1 N–H and O–H groups in total. The standard InChI is InChI=1S/C11H20F3NO3/c1-4-15(7-10(2,3)17)9(16)5-6-18-8-11(12,13)14/h17H,4-8H2,1-3H3. The maximum absolute atomic E-state index is 11.8. The summed E-state index contributed by atoms with van der Waals surface area (Å²) in [6, 6.07) is 0. The lowest BCUT2D eigenvalue weighted by Crippen LogP contribution is -2.42. The molecule has 0 rings (SSSR count). The zero-order chi connectivity index (χ0) is 14.4. The molecule has 0 atom stereocenters. The number of nitrogens with zero attached hydrogens (tertiary/aromatic N) is 1. The Morgan fingerprint density at radius 3 is 2.28 bits per heavy atom. The van der Waals surface area contributed by atoms with E-state index in [0.29, 0.717) is 6.54 Å². The van der Waals surface area contributed by atoms with Gasteiger partial charge in [0, 0.05) is 13.1 Å². The highest BCUT2D eigenvalue weighted by molar-refractivity contribution is 5.76. The molecule has 0 spiro atoms. The molecule has 7 heteroatoms. The summed E-state index contributed by atoms with van der Waals surface area (Å²) >= 11 is 0. The molecular weight excluding hydrogens is 251 g/mol. The van der Waals surface area contributed by atoms with Gasteiger partial charge in [-0.3, -0.25) is 4.79 Å². The van der Waals surface area contributed by atoms with Crippen molar-refractivity contribution in [3.63, 3.8) is 0 Å². The van der Waals surface area contributed by atoms with E-state index in [1.807, 2.05) is 0 Å². The minimum Gasteiger partial charge on any atom is -0.389 e. The molecule has 0 aliphatic heterocycles. The number of halogens is 3. The zero-order valence-electron chi connectivity index (χ0n) is 10.9. The van der Waals surface area contributed by atoms with Crippen molar-refractivity contribution in [2.75, 3.05) is 26.3 Å². The molecule has 0 fully saturated rings. The van der Waals surface area contributed by atoms with Crippen molar-refractivity contribution in [2.24, 2.45) is 0 Å². The van der Waals surface area contributed by atoms with E-state index in [2.05, 4.69) is 4.74 Å². The monoisotopic (exact) mass is 271 g/mol. The number of hydrogen-bond acceptors (Lipinski definition) is 3. The van der Waals surface area contributed by atoms with E-state index in [9.17, 15) is 23.1 Å². The molecule has 0 aromatic heterocycles. The molecule has 0 unspecified atom stereocenters. The molecule has 0 aromatic carbocycles. The number of carbonyl (C=O) groups excluding carboxylic acids is 1. The first-order valence-electron chi connectivity index (χ1n) is 5.70. The van der Waals surface area contributed by atoms with Gasteiger partial charge in [0.25, 0.3) is 0 Å². The van der Waals surface area contributed by atoms with E-state index in [-0.39, 0.29) is 25.5 Å². The molecule has 0 aliphatic carbocycles. The Morgan fingerprint density at radius 1 is 1.33 bits per heavy atom. The highest BCUT2D eigenvalue weighted by Crippen LogP contribution is 2.14. The predicted molar refractivity (Wildman–Crippen MR) is 60.0 cm³/mol. The summed E-state index contributed by atoms with van der Waals surface area (Å²) in [7, 11) is 0. The molecule has 18 heavy (non-hydrogen) atoms. The van der Waals surface area contributed by atoms with Gasteiger partial charge in [0.1, 0.15) is 6.61 Å². The predicted octanol–water partition coefficient (Wildman–Crippen LogP) is 1.57. The molecule has 1 amide bonds. The van der Waals surface area contributed by atoms with E-state index in [1.165, 1.54) is 4.90 Å². The van der Waals surface area contributed by atoms with Crippen LogP contribution in [0.3, 0.4) is 0 Å². The first-order valence-corrected chi connectivity index (χ1v) is 5.70. The van der Waals surface area contributed by atoms with Crippen LogP contribution in [0.2, 0.25) is 0 Å². The molecule has 4 nitrogen and oxygen atoms in total. The number of rotatable bonds is 7. The van der Waals surface area contributed by atoms with Crippen LogP contribution in [0.5, 0.6) is 0 Å². The lowest BCUT2D eigenvalue weighted by molar-refractivity contribution is -0.175. The van der Waals surface area contributed by atoms with Crippen LogP contribution in [-0.2, 0) is 9.53 Å². The maximum Gasteiger partial charge on any atom is 0.411 e. The Morgan fingerprint density at radius 2 is 1.89 bits per heavy atom. The van der Waals surface area contributed by atoms with E-state index in [4.69, 9.17) is 0 Å². The number of likely N-dealkylation sites (N-methyl/N-ethyl adjacent to an activating group) is 1. The summed E-state index contributed by atoms with van der Waals surface area (Å²) in [5.41, 5.74) is -1.03. The fraction of sp³-hybridized carbons (Fsp3) is 0.909. The number of ether oxygens (including phenoxy) is 1. The lowest BCUT2D eigenvalue weighted by Gasteiger charge is -2.28. The molecule has 0 saturated carbocycles. The summed E-state index contributed by atoms with van der Waals surface area (Å²) in [4.78, 5) is 13.0. The topological polar surface area (TPSA) is 49.8 Å². The Hall–Kier alpha value is -0.820. The molecule has 0 saturated heterocycles. The van der Waals surface area contributed by atoms with E-state index in [1.54, 1.807) is 20.8 Å². The van der Waals surface area contributed by atoms with E-state index >= 15 is 0 Å². The summed E-state index contributed by atoms with van der Waals surface area (Å²) < 4.78 is 39.7. The average Bonchev–Trinajstić information content (AvgIpc) is 2.18. The Balaban J connectivity index is 3.99. The van der Waals surface area contributed by atoms with Crippen LogP contribution in [0, 0.1) is 0 Å². The van der Waals surface area contributed by atoms with Gasteiger partial charge in [0.2, 0.25) is 5.91 Å². The van der Waals surface area contributed by atoms with Crippen molar-refractivity contribution in [1.29, 1.82) is 0 Å². The second-order valence-electron chi connectivity index (χ2n) is 4.64. The fourth-order valence-corrected chi connectivity index (χ4v) is 1.35. The molecule has 0 aromatic rings. The van der Waals surface area contributed by atoms with E-state index in [0.717, 1.165) is 0 Å². The van der Waals surface area contributed by atoms with Crippen molar-refractivity contribution >= 4 is 5.91 Å². The summed E-state index contributed by atoms with van der Waals surface area (Å²) in [5, 5.41) is 9.57. The molecule has 0 heterocycles. The van der Waals surface area contributed by atoms with Crippen molar-refractivity contribution in [1.82, 2.24) is 4.90 Å². The summed E-state index contributed by atoms with van der Waals surface area (Å²) in [6.07, 6.45) is -4.50. The minimum absolute atomic E-state index is 0.125. The number of alkyl halides is 3. The number of carbonyl (C=O) groups is 1. The van der Waals surface area contributed by atoms with Gasteiger partial charge >= 0.3 is 6.18 Å². The molecule has 108 valence electrons. The SMILES string of the molecule is CCN(CC(C)(C)O)C(=O)CCOCC(F)(F)F. The molecule has 0 aliphatic rings. The van der Waals surface area contributed by atoms with Gasteiger partial charge in [-0.2, -0.15) is 13.2 Å². The largest absolute Gasteiger partial charge is 0.411 e. The van der Waals surface area contributed by atoms with Gasteiger partial charge < -0.3 is 14.7 Å². The third-order valence-electron chi connectivity index (χ3n) is 2.04. The van der Waals surface area contributed by atoms with Crippen LogP contribution in [0.1, 0.15) is 27.2 Å². The van der Waals surface area contributed by atoms with Gasteiger partial charge in [-0.25, -0.2) is 0 Å². The van der Waals surface area contributed by atoms with Crippen molar-refractivity contribution < 1.29 is 27.8 Å².